The first-order valence-corrected chi connectivity index (χ1v) is 8.07. The molecule has 0 spiro atoms. The lowest BCUT2D eigenvalue weighted by molar-refractivity contribution is -0.0291. The predicted molar refractivity (Wildman–Crippen MR) is 82.1 cm³/mol. The third kappa shape index (κ3) is 3.54. The maximum absolute atomic E-state index is 6.33. The Morgan fingerprint density at radius 1 is 1.50 bits per heavy atom. The highest BCUT2D eigenvalue weighted by molar-refractivity contribution is 6.31. The van der Waals surface area contributed by atoms with Crippen LogP contribution in [0.1, 0.15) is 51.3 Å². The minimum Gasteiger partial charge on any atom is -0.378 e. The van der Waals surface area contributed by atoms with E-state index >= 15 is 0 Å². The maximum atomic E-state index is 6.33. The summed E-state index contributed by atoms with van der Waals surface area (Å²) in [6.07, 6.45) is 6.75. The van der Waals surface area contributed by atoms with Gasteiger partial charge in [-0.15, -0.1) is 0 Å². The summed E-state index contributed by atoms with van der Waals surface area (Å²) in [5.41, 5.74) is 1.14. The van der Waals surface area contributed by atoms with Gasteiger partial charge in [0.1, 0.15) is 0 Å². The van der Waals surface area contributed by atoms with Crippen LogP contribution < -0.4 is 5.32 Å². The molecule has 1 aliphatic rings. The normalized spacial score (nSPS) is 23.6. The van der Waals surface area contributed by atoms with Gasteiger partial charge in [-0.3, -0.25) is 4.68 Å². The van der Waals surface area contributed by atoms with E-state index in [9.17, 15) is 0 Å². The van der Waals surface area contributed by atoms with Crippen molar-refractivity contribution in [3.63, 3.8) is 0 Å². The SMILES string of the molecule is CCCn1ncc(Cl)c1C(CC1CC(OCC)C1)NC. The first-order valence-electron chi connectivity index (χ1n) is 7.69. The third-order valence-electron chi connectivity index (χ3n) is 4.11. The lowest BCUT2D eigenvalue weighted by Crippen LogP contribution is -2.34. The van der Waals surface area contributed by atoms with Gasteiger partial charge in [-0.1, -0.05) is 18.5 Å². The number of aromatic nitrogens is 2. The van der Waals surface area contributed by atoms with Crippen LogP contribution in [0, 0.1) is 5.92 Å². The van der Waals surface area contributed by atoms with Crippen molar-refractivity contribution < 1.29 is 4.74 Å². The van der Waals surface area contributed by atoms with Crippen LogP contribution in [-0.2, 0) is 11.3 Å². The second kappa shape index (κ2) is 7.43. The topological polar surface area (TPSA) is 39.1 Å². The summed E-state index contributed by atoms with van der Waals surface area (Å²) in [5.74, 6) is 0.727. The van der Waals surface area contributed by atoms with E-state index in [2.05, 4.69) is 24.3 Å². The fourth-order valence-corrected chi connectivity index (χ4v) is 3.32. The highest BCUT2D eigenvalue weighted by Crippen LogP contribution is 2.38. The molecule has 1 N–H and O–H groups in total. The number of nitrogens with one attached hydrogen (secondary N) is 1. The molecule has 0 bridgehead atoms. The fraction of sp³-hybridized carbons (Fsp3) is 0.800. The molecule has 0 aromatic carbocycles. The van der Waals surface area contributed by atoms with Crippen LogP contribution >= 0.6 is 11.6 Å². The van der Waals surface area contributed by atoms with Gasteiger partial charge < -0.3 is 10.1 Å². The molecule has 0 aliphatic heterocycles. The van der Waals surface area contributed by atoms with Crippen LogP contribution in [0.2, 0.25) is 5.02 Å². The van der Waals surface area contributed by atoms with Gasteiger partial charge in [0.15, 0.2) is 0 Å². The Labute approximate surface area is 126 Å². The van der Waals surface area contributed by atoms with E-state index < -0.39 is 0 Å². The summed E-state index contributed by atoms with van der Waals surface area (Å²) >= 11 is 6.33. The van der Waals surface area contributed by atoms with E-state index in [1.165, 1.54) is 12.8 Å². The van der Waals surface area contributed by atoms with E-state index in [0.29, 0.717) is 6.10 Å². The summed E-state index contributed by atoms with van der Waals surface area (Å²) in [7, 11) is 2.00. The molecule has 20 heavy (non-hydrogen) atoms. The first-order chi connectivity index (χ1) is 9.69. The first kappa shape index (κ1) is 15.8. The van der Waals surface area contributed by atoms with Crippen molar-refractivity contribution in [1.29, 1.82) is 0 Å². The van der Waals surface area contributed by atoms with Crippen LogP contribution in [-0.4, -0.2) is 29.5 Å². The standard InChI is InChI=1S/C15H26ClN3O/c1-4-6-19-15(13(16)10-18-19)14(17-3)9-11-7-12(8-11)20-5-2/h10-12,14,17H,4-9H2,1-3H3. The number of aryl methyl sites for hydroxylation is 1. The molecule has 1 saturated carbocycles. The molecule has 1 heterocycles. The Morgan fingerprint density at radius 3 is 2.85 bits per heavy atom. The zero-order valence-electron chi connectivity index (χ0n) is 12.7. The second-order valence-corrected chi connectivity index (χ2v) is 6.00. The van der Waals surface area contributed by atoms with E-state index in [1.807, 2.05) is 11.7 Å². The molecule has 1 aromatic rings. The largest absolute Gasteiger partial charge is 0.378 e. The number of rotatable bonds is 8. The summed E-state index contributed by atoms with van der Waals surface area (Å²) in [6.45, 7) is 5.97. The average molecular weight is 300 g/mol. The minimum atomic E-state index is 0.282. The number of hydrogen-bond donors (Lipinski definition) is 1. The van der Waals surface area contributed by atoms with E-state index in [4.69, 9.17) is 16.3 Å². The van der Waals surface area contributed by atoms with Gasteiger partial charge in [0.2, 0.25) is 0 Å². The Kier molecular flexibility index (Phi) is 5.87. The smallest absolute Gasteiger partial charge is 0.0834 e. The lowest BCUT2D eigenvalue weighted by Gasteiger charge is -2.37. The number of hydrogen-bond acceptors (Lipinski definition) is 3. The van der Waals surface area contributed by atoms with Gasteiger partial charge in [-0.25, -0.2) is 0 Å². The number of halogens is 1. The molecule has 1 unspecified atom stereocenters. The van der Waals surface area contributed by atoms with Gasteiger partial charge >= 0.3 is 0 Å². The zero-order chi connectivity index (χ0) is 14.5. The van der Waals surface area contributed by atoms with Crippen molar-refractivity contribution in [1.82, 2.24) is 15.1 Å². The summed E-state index contributed by atoms with van der Waals surface area (Å²) in [5, 5.41) is 8.57. The summed E-state index contributed by atoms with van der Waals surface area (Å²) in [4.78, 5) is 0. The van der Waals surface area contributed by atoms with E-state index in [0.717, 1.165) is 42.6 Å². The molecule has 1 fully saturated rings. The maximum Gasteiger partial charge on any atom is 0.0834 e. The molecular formula is C15H26ClN3O. The molecule has 114 valence electrons. The molecule has 4 nitrogen and oxygen atoms in total. The van der Waals surface area contributed by atoms with Crippen LogP contribution in [0.3, 0.4) is 0 Å². The fourth-order valence-electron chi connectivity index (χ4n) is 3.05. The number of ether oxygens (including phenoxy) is 1. The molecule has 1 atom stereocenters. The number of nitrogens with zero attached hydrogens (tertiary/aromatic N) is 2. The summed E-state index contributed by atoms with van der Waals surface area (Å²) < 4.78 is 7.68. The van der Waals surface area contributed by atoms with Gasteiger partial charge in [-0.05, 0) is 45.6 Å². The quantitative estimate of drug-likeness (QED) is 0.799. The lowest BCUT2D eigenvalue weighted by atomic mass is 9.77. The van der Waals surface area contributed by atoms with Crippen LogP contribution in [0.15, 0.2) is 6.20 Å². The molecular weight excluding hydrogens is 274 g/mol. The van der Waals surface area contributed by atoms with Crippen LogP contribution in [0.25, 0.3) is 0 Å². The Hall–Kier alpha value is -0.580. The van der Waals surface area contributed by atoms with E-state index in [1.54, 1.807) is 6.20 Å². The molecule has 1 aliphatic carbocycles. The Balaban J connectivity index is 1.97. The van der Waals surface area contributed by atoms with Crippen molar-refractivity contribution in [3.8, 4) is 0 Å². The van der Waals surface area contributed by atoms with Gasteiger partial charge in [-0.2, -0.15) is 5.10 Å². The average Bonchev–Trinajstić information content (AvgIpc) is 2.74. The third-order valence-corrected chi connectivity index (χ3v) is 4.40. The van der Waals surface area contributed by atoms with Crippen molar-refractivity contribution in [2.24, 2.45) is 5.92 Å². The Bertz CT molecular complexity index is 415. The molecule has 0 amide bonds. The second-order valence-electron chi connectivity index (χ2n) is 5.59. The van der Waals surface area contributed by atoms with Crippen molar-refractivity contribution in [2.75, 3.05) is 13.7 Å². The van der Waals surface area contributed by atoms with Gasteiger partial charge in [0.25, 0.3) is 0 Å². The predicted octanol–water partition coefficient (Wildman–Crippen LogP) is 3.41. The van der Waals surface area contributed by atoms with Crippen molar-refractivity contribution in [2.45, 2.75) is 58.2 Å². The minimum absolute atomic E-state index is 0.282. The monoisotopic (exact) mass is 299 g/mol. The van der Waals surface area contributed by atoms with Crippen LogP contribution in [0.4, 0.5) is 0 Å². The van der Waals surface area contributed by atoms with Crippen LogP contribution in [0.5, 0.6) is 0 Å². The van der Waals surface area contributed by atoms with Crippen molar-refractivity contribution >= 4 is 11.6 Å². The van der Waals surface area contributed by atoms with Crippen molar-refractivity contribution in [3.05, 3.63) is 16.9 Å². The zero-order valence-corrected chi connectivity index (χ0v) is 13.5. The molecule has 5 heteroatoms. The highest BCUT2D eigenvalue weighted by Gasteiger charge is 2.32. The Morgan fingerprint density at radius 2 is 2.25 bits per heavy atom. The van der Waals surface area contributed by atoms with Gasteiger partial charge in [0, 0.05) is 13.2 Å². The molecule has 0 radical (unpaired) electrons. The van der Waals surface area contributed by atoms with Gasteiger partial charge in [0.05, 0.1) is 29.1 Å². The summed E-state index contributed by atoms with van der Waals surface area (Å²) in [6, 6.07) is 0.282. The highest BCUT2D eigenvalue weighted by atomic mass is 35.5. The molecule has 1 aromatic heterocycles. The van der Waals surface area contributed by atoms with E-state index in [-0.39, 0.29) is 6.04 Å². The molecule has 0 saturated heterocycles. The molecule has 2 rings (SSSR count).